The molecular formula is C32H48N4O9S2. The van der Waals surface area contributed by atoms with Gasteiger partial charge in [0.05, 0.1) is 0 Å². The summed E-state index contributed by atoms with van der Waals surface area (Å²) in [6.07, 6.45) is 5.49. The Morgan fingerprint density at radius 3 is 2.26 bits per heavy atom. The highest BCUT2D eigenvalue weighted by Crippen LogP contribution is 2.69. The first kappa shape index (κ1) is 35.7. The summed E-state index contributed by atoms with van der Waals surface area (Å²) < 4.78 is 40.7. The third-order valence-corrected chi connectivity index (χ3v) is 14.3. The Morgan fingerprint density at radius 2 is 1.64 bits per heavy atom. The van der Waals surface area contributed by atoms with E-state index in [1.165, 1.54) is 20.8 Å². The number of hydrogen-bond donors (Lipinski definition) is 2. The van der Waals surface area contributed by atoms with Crippen molar-refractivity contribution in [2.24, 2.45) is 51.5 Å². The second kappa shape index (κ2) is 13.3. The zero-order chi connectivity index (χ0) is 34.5. The number of amides is 1. The average molecular weight is 697 g/mol. The first-order valence-corrected chi connectivity index (χ1v) is 19.0. The van der Waals surface area contributed by atoms with Crippen molar-refractivity contribution in [2.75, 3.05) is 5.32 Å². The number of esters is 3. The topological polar surface area (TPSA) is 194 Å². The number of anilines is 1. The molecule has 0 saturated heterocycles. The molecular weight excluding hydrogens is 649 g/mol. The monoisotopic (exact) mass is 696 g/mol. The highest BCUT2D eigenvalue weighted by molar-refractivity contribution is 7.91. The molecule has 4 fully saturated rings. The fourth-order valence-corrected chi connectivity index (χ4v) is 11.6. The van der Waals surface area contributed by atoms with Crippen molar-refractivity contribution < 1.29 is 41.8 Å². The molecule has 13 nitrogen and oxygen atoms in total. The first-order valence-electron chi connectivity index (χ1n) is 16.6. The van der Waals surface area contributed by atoms with Crippen molar-refractivity contribution in [1.29, 1.82) is 0 Å². The van der Waals surface area contributed by atoms with E-state index in [2.05, 4.69) is 36.3 Å². The smallest absolute Gasteiger partial charge is 0.302 e. The Bertz CT molecular complexity index is 1500. The molecule has 47 heavy (non-hydrogen) atoms. The number of hydrogen-bond acceptors (Lipinski definition) is 12. The molecule has 262 valence electrons. The van der Waals surface area contributed by atoms with Gasteiger partial charge >= 0.3 is 17.9 Å². The van der Waals surface area contributed by atoms with E-state index in [0.29, 0.717) is 30.6 Å². The van der Waals surface area contributed by atoms with Crippen LogP contribution < -0.4 is 10.5 Å². The molecule has 0 aliphatic heterocycles. The van der Waals surface area contributed by atoms with Gasteiger partial charge < -0.3 is 19.5 Å². The largest absolute Gasteiger partial charge is 0.463 e. The van der Waals surface area contributed by atoms with E-state index >= 15 is 0 Å². The number of primary sulfonamides is 1. The fourth-order valence-electron chi connectivity index (χ4n) is 10.2. The Kier molecular flexibility index (Phi) is 10.1. The van der Waals surface area contributed by atoms with Gasteiger partial charge in [-0.1, -0.05) is 32.1 Å². The van der Waals surface area contributed by atoms with Crippen LogP contribution in [0.25, 0.3) is 0 Å². The highest BCUT2D eigenvalue weighted by Gasteiger charge is 2.67. The summed E-state index contributed by atoms with van der Waals surface area (Å²) in [7, 11) is -4.01. The maximum Gasteiger partial charge on any atom is 0.302 e. The lowest BCUT2D eigenvalue weighted by molar-refractivity contribution is -0.224. The number of nitrogens with one attached hydrogen (secondary N) is 1. The summed E-state index contributed by atoms with van der Waals surface area (Å²) in [5.74, 6) is -0.415. The van der Waals surface area contributed by atoms with Crippen molar-refractivity contribution in [3.05, 3.63) is 0 Å². The van der Waals surface area contributed by atoms with E-state index in [4.69, 9.17) is 19.3 Å². The number of ether oxygens (including phenoxy) is 3. The Morgan fingerprint density at radius 1 is 0.957 bits per heavy atom. The number of aromatic nitrogens is 2. The van der Waals surface area contributed by atoms with Gasteiger partial charge in [-0.15, -0.1) is 10.2 Å². The van der Waals surface area contributed by atoms with E-state index in [9.17, 15) is 27.6 Å². The molecule has 1 amide bonds. The SMILES string of the molecule is CC(=O)OC1CCC2(C)C(C1)CC(OC(C)=O)C1C2CC(OC(C)=O)C2(C)C(C(C)CCC(=O)Nc3nnc(S(N)(=O)=O)s3)CCC12. The molecule has 11 unspecified atom stereocenters. The molecule has 11 atom stereocenters. The molecule has 4 aliphatic rings. The zero-order valence-electron chi connectivity index (χ0n) is 28.0. The second-order valence-electron chi connectivity index (χ2n) is 14.7. The summed E-state index contributed by atoms with van der Waals surface area (Å²) in [6, 6.07) is 0. The van der Waals surface area contributed by atoms with Crippen LogP contribution in [-0.4, -0.2) is 60.7 Å². The van der Waals surface area contributed by atoms with Gasteiger partial charge in [-0.3, -0.25) is 19.2 Å². The minimum absolute atomic E-state index is 0.0651. The van der Waals surface area contributed by atoms with Gasteiger partial charge in [0.25, 0.3) is 10.0 Å². The lowest BCUT2D eigenvalue weighted by Crippen LogP contribution is -2.63. The Labute approximate surface area is 280 Å². The zero-order valence-corrected chi connectivity index (χ0v) is 29.7. The van der Waals surface area contributed by atoms with Gasteiger partial charge in [-0.25, -0.2) is 13.6 Å². The molecule has 1 heterocycles. The van der Waals surface area contributed by atoms with Crippen LogP contribution in [0, 0.1) is 46.3 Å². The lowest BCUT2D eigenvalue weighted by Gasteiger charge is -2.64. The van der Waals surface area contributed by atoms with Crippen molar-refractivity contribution in [3.8, 4) is 0 Å². The Hall–Kier alpha value is -2.65. The standard InChI is InChI=1S/C32H48N4O9S2/c1-16(7-10-27(40)34-29-35-36-30(46-29)47(33,41)42)22-8-9-23-28-24(15-26(32(22,23)6)45-19(4)39)31(5)12-11-21(43-17(2)37)13-20(31)14-25(28)44-18(3)38/h16,20-26,28H,7-15H2,1-6H3,(H2,33,41,42)(H,34,35,40). The number of carbonyl (C=O) groups is 4. The van der Waals surface area contributed by atoms with E-state index in [1.54, 1.807) is 0 Å². The van der Waals surface area contributed by atoms with Gasteiger partial charge in [-0.2, -0.15) is 0 Å². The van der Waals surface area contributed by atoms with E-state index in [-0.39, 0.29) is 98.9 Å². The molecule has 5 rings (SSSR count). The van der Waals surface area contributed by atoms with Crippen LogP contribution in [0.4, 0.5) is 5.13 Å². The fraction of sp³-hybridized carbons (Fsp3) is 0.812. The molecule has 4 saturated carbocycles. The molecule has 0 bridgehead atoms. The predicted octanol–water partition coefficient (Wildman–Crippen LogP) is 4.21. The van der Waals surface area contributed by atoms with Crippen LogP contribution in [0.15, 0.2) is 4.34 Å². The van der Waals surface area contributed by atoms with Crippen molar-refractivity contribution in [3.63, 3.8) is 0 Å². The van der Waals surface area contributed by atoms with Crippen molar-refractivity contribution in [1.82, 2.24) is 10.2 Å². The van der Waals surface area contributed by atoms with Crippen molar-refractivity contribution in [2.45, 2.75) is 122 Å². The molecule has 0 radical (unpaired) electrons. The maximum absolute atomic E-state index is 12.8. The quantitative estimate of drug-likeness (QED) is 0.213. The van der Waals surface area contributed by atoms with E-state index < -0.39 is 15.4 Å². The normalized spacial score (nSPS) is 37.0. The van der Waals surface area contributed by atoms with Crippen LogP contribution in [0.3, 0.4) is 0 Å². The van der Waals surface area contributed by atoms with Gasteiger partial charge in [0, 0.05) is 38.5 Å². The molecule has 0 aromatic carbocycles. The third-order valence-electron chi connectivity index (χ3n) is 12.1. The molecule has 1 aromatic heterocycles. The summed E-state index contributed by atoms with van der Waals surface area (Å²) in [6.45, 7) is 11.0. The minimum Gasteiger partial charge on any atom is -0.463 e. The van der Waals surface area contributed by atoms with Gasteiger partial charge in [0.15, 0.2) is 0 Å². The second-order valence-corrected chi connectivity index (χ2v) is 17.5. The molecule has 3 N–H and O–H groups in total. The lowest BCUT2D eigenvalue weighted by atomic mass is 9.43. The maximum atomic E-state index is 12.8. The first-order chi connectivity index (χ1) is 21.9. The van der Waals surface area contributed by atoms with Crippen LogP contribution in [0.2, 0.25) is 0 Å². The van der Waals surface area contributed by atoms with Crippen LogP contribution in [-0.2, 0) is 43.4 Å². The predicted molar refractivity (Wildman–Crippen MR) is 171 cm³/mol. The van der Waals surface area contributed by atoms with Crippen LogP contribution in [0.5, 0.6) is 0 Å². The molecule has 4 aliphatic carbocycles. The summed E-state index contributed by atoms with van der Waals surface area (Å²) in [4.78, 5) is 49.7. The van der Waals surface area contributed by atoms with E-state index in [0.717, 1.165) is 32.1 Å². The molecule has 1 aromatic rings. The summed E-state index contributed by atoms with van der Waals surface area (Å²) >= 11 is 0.699. The van der Waals surface area contributed by atoms with Crippen molar-refractivity contribution >= 4 is 50.3 Å². The highest BCUT2D eigenvalue weighted by atomic mass is 32.2. The summed E-state index contributed by atoms with van der Waals surface area (Å²) in [5.41, 5.74) is -0.490. The number of sulfonamides is 1. The van der Waals surface area contributed by atoms with Gasteiger partial charge in [0.2, 0.25) is 15.4 Å². The summed E-state index contributed by atoms with van der Waals surface area (Å²) in [5, 5.41) is 15.1. The van der Waals surface area contributed by atoms with Crippen LogP contribution >= 0.6 is 11.3 Å². The third kappa shape index (κ3) is 7.08. The van der Waals surface area contributed by atoms with E-state index in [1.807, 2.05) is 0 Å². The van der Waals surface area contributed by atoms with Gasteiger partial charge in [-0.05, 0) is 86.4 Å². The average Bonchev–Trinajstić information content (AvgIpc) is 3.57. The number of rotatable bonds is 9. The number of nitrogens with two attached hydrogens (primary N) is 1. The number of fused-ring (bicyclic) bond motifs is 5. The number of carbonyl (C=O) groups excluding carboxylic acids is 4. The minimum atomic E-state index is -4.01. The molecule has 15 heteroatoms. The Balaban J connectivity index is 1.37. The molecule has 0 spiro atoms. The number of nitrogens with zero attached hydrogens (tertiary/aromatic N) is 2. The van der Waals surface area contributed by atoms with Gasteiger partial charge in [0.1, 0.15) is 18.3 Å². The van der Waals surface area contributed by atoms with Crippen LogP contribution in [0.1, 0.15) is 99.3 Å².